The number of hydrogen-bond donors (Lipinski definition) is 1. The number of ether oxygens (including phenoxy) is 2. The maximum absolute atomic E-state index is 15.1. The number of pyridine rings is 1. The smallest absolute Gasteiger partial charge is 0.343 e. The van der Waals surface area contributed by atoms with E-state index in [1.807, 2.05) is 9.47 Å². The van der Waals surface area contributed by atoms with Gasteiger partial charge in [0.05, 0.1) is 30.8 Å². The van der Waals surface area contributed by atoms with Crippen LogP contribution in [0.2, 0.25) is 0 Å². The summed E-state index contributed by atoms with van der Waals surface area (Å²) >= 11 is 0. The zero-order chi connectivity index (χ0) is 23.0. The molecular weight excluding hydrogens is 417 g/mol. The zero-order valence-electron chi connectivity index (χ0n) is 18.4. The van der Waals surface area contributed by atoms with E-state index in [9.17, 15) is 14.4 Å². The number of carbonyl (C=O) groups excluding carboxylic acids is 2. The van der Waals surface area contributed by atoms with Crippen LogP contribution in [0.5, 0.6) is 0 Å². The lowest BCUT2D eigenvalue weighted by Gasteiger charge is -2.23. The molecule has 1 aromatic heterocycles. The van der Waals surface area contributed by atoms with Gasteiger partial charge in [0, 0.05) is 36.3 Å². The number of rotatable bonds is 7. The van der Waals surface area contributed by atoms with E-state index in [0.29, 0.717) is 24.3 Å². The summed E-state index contributed by atoms with van der Waals surface area (Å²) < 4.78 is 27.1. The van der Waals surface area contributed by atoms with Gasteiger partial charge in [-0.1, -0.05) is 0 Å². The quantitative estimate of drug-likeness (QED) is 0.652. The molecule has 0 bridgehead atoms. The highest BCUT2D eigenvalue weighted by atomic mass is 19.1. The molecule has 9 heteroatoms. The normalized spacial score (nSPS) is 18.2. The summed E-state index contributed by atoms with van der Waals surface area (Å²) in [5, 5.41) is 0.0947. The fourth-order valence-electron chi connectivity index (χ4n) is 4.40. The summed E-state index contributed by atoms with van der Waals surface area (Å²) in [7, 11) is 0. The number of nitrogens with zero attached hydrogens (tertiary/aromatic N) is 2. The fourth-order valence-corrected chi connectivity index (χ4v) is 4.40. The van der Waals surface area contributed by atoms with Crippen molar-refractivity contribution >= 4 is 28.5 Å². The summed E-state index contributed by atoms with van der Waals surface area (Å²) in [5.41, 5.74) is 6.27. The predicted octanol–water partition coefficient (Wildman–Crippen LogP) is 2.30. The Morgan fingerprint density at radius 1 is 1.16 bits per heavy atom. The van der Waals surface area contributed by atoms with Crippen LogP contribution in [0, 0.1) is 5.82 Å². The molecular formula is C23H28FN3O5. The van der Waals surface area contributed by atoms with E-state index in [2.05, 4.69) is 0 Å². The molecule has 2 heterocycles. The van der Waals surface area contributed by atoms with Crippen molar-refractivity contribution in [3.05, 3.63) is 39.4 Å². The first-order valence-electron chi connectivity index (χ1n) is 11.1. The van der Waals surface area contributed by atoms with Crippen molar-refractivity contribution in [2.24, 2.45) is 5.73 Å². The molecule has 1 atom stereocenters. The number of esters is 2. The first kappa shape index (κ1) is 22.3. The highest BCUT2D eigenvalue weighted by Crippen LogP contribution is 2.40. The standard InChI is InChI=1S/C23H28FN3O5/c1-3-31-20(28)11-19-21(23(30)32-4-2)22(29)15-9-16(24)18(26-8-7-13(25)12-26)10-17(15)27(19)14-5-6-14/h9-10,13-14H,3-8,11-12,25H2,1-2H3. The SMILES string of the molecule is CCOC(=O)Cc1c(C(=O)OCC)c(=O)c2cc(F)c(N3CCC(N)C3)cc2n1C1CC1. The van der Waals surface area contributed by atoms with E-state index >= 15 is 4.39 Å². The Balaban J connectivity index is 1.98. The molecule has 1 saturated carbocycles. The van der Waals surface area contributed by atoms with Crippen LogP contribution in [0.3, 0.4) is 0 Å². The van der Waals surface area contributed by atoms with Gasteiger partial charge in [-0.05, 0) is 45.2 Å². The monoisotopic (exact) mass is 445 g/mol. The van der Waals surface area contributed by atoms with E-state index in [1.54, 1.807) is 19.9 Å². The van der Waals surface area contributed by atoms with Gasteiger partial charge in [0.1, 0.15) is 11.4 Å². The topological polar surface area (TPSA) is 104 Å². The summed E-state index contributed by atoms with van der Waals surface area (Å²) in [5.74, 6) is -1.90. The van der Waals surface area contributed by atoms with E-state index < -0.39 is 23.2 Å². The molecule has 4 rings (SSSR count). The Bertz CT molecular complexity index is 1130. The van der Waals surface area contributed by atoms with Crippen molar-refractivity contribution < 1.29 is 23.5 Å². The summed E-state index contributed by atoms with van der Waals surface area (Å²) in [4.78, 5) is 40.4. The van der Waals surface area contributed by atoms with Crippen molar-refractivity contribution in [2.75, 3.05) is 31.2 Å². The first-order valence-corrected chi connectivity index (χ1v) is 11.1. The third kappa shape index (κ3) is 4.09. The molecule has 0 radical (unpaired) electrons. The van der Waals surface area contributed by atoms with Crippen LogP contribution in [0.15, 0.2) is 16.9 Å². The summed E-state index contributed by atoms with van der Waals surface area (Å²) in [6.07, 6.45) is 2.17. The van der Waals surface area contributed by atoms with E-state index in [0.717, 1.165) is 19.3 Å². The van der Waals surface area contributed by atoms with Crippen molar-refractivity contribution in [3.8, 4) is 0 Å². The molecule has 2 fully saturated rings. The Morgan fingerprint density at radius 3 is 2.47 bits per heavy atom. The van der Waals surface area contributed by atoms with Crippen LogP contribution in [0.1, 0.15) is 55.2 Å². The van der Waals surface area contributed by atoms with Gasteiger partial charge < -0.3 is 24.7 Å². The molecule has 32 heavy (non-hydrogen) atoms. The highest BCUT2D eigenvalue weighted by Gasteiger charge is 2.34. The highest BCUT2D eigenvalue weighted by molar-refractivity contribution is 5.97. The van der Waals surface area contributed by atoms with Gasteiger partial charge >= 0.3 is 11.9 Å². The zero-order valence-corrected chi connectivity index (χ0v) is 18.4. The molecule has 1 saturated heterocycles. The van der Waals surface area contributed by atoms with Gasteiger partial charge in [-0.15, -0.1) is 0 Å². The van der Waals surface area contributed by atoms with Crippen molar-refractivity contribution in [3.63, 3.8) is 0 Å². The first-order chi connectivity index (χ1) is 15.3. The second-order valence-corrected chi connectivity index (χ2v) is 8.27. The lowest BCUT2D eigenvalue weighted by molar-refractivity contribution is -0.142. The number of halogens is 1. The molecule has 8 nitrogen and oxygen atoms in total. The molecule has 2 aliphatic rings. The number of aromatic nitrogens is 1. The van der Waals surface area contributed by atoms with Crippen molar-refractivity contribution in [1.29, 1.82) is 0 Å². The average molecular weight is 445 g/mol. The Kier molecular flexibility index (Phi) is 6.19. The van der Waals surface area contributed by atoms with E-state index in [-0.39, 0.29) is 48.4 Å². The summed E-state index contributed by atoms with van der Waals surface area (Å²) in [6, 6.07) is 2.80. The molecule has 172 valence electrons. The number of carbonyl (C=O) groups is 2. The van der Waals surface area contributed by atoms with E-state index in [4.69, 9.17) is 15.2 Å². The molecule has 0 amide bonds. The third-order valence-corrected chi connectivity index (χ3v) is 5.95. The molecule has 1 unspecified atom stereocenters. The van der Waals surface area contributed by atoms with Gasteiger partial charge in [-0.2, -0.15) is 0 Å². The van der Waals surface area contributed by atoms with E-state index in [1.165, 1.54) is 6.07 Å². The number of nitrogens with two attached hydrogens (primary N) is 1. The maximum Gasteiger partial charge on any atom is 0.343 e. The van der Waals surface area contributed by atoms with Crippen molar-refractivity contribution in [1.82, 2.24) is 4.57 Å². The largest absolute Gasteiger partial charge is 0.466 e. The van der Waals surface area contributed by atoms with Gasteiger partial charge in [0.25, 0.3) is 0 Å². The predicted molar refractivity (Wildman–Crippen MR) is 118 cm³/mol. The molecule has 2 aromatic rings. The lowest BCUT2D eigenvalue weighted by atomic mass is 10.0. The maximum atomic E-state index is 15.1. The molecule has 0 spiro atoms. The number of benzene rings is 1. The Labute approximate surface area is 185 Å². The van der Waals surface area contributed by atoms with Crippen LogP contribution in [-0.2, 0) is 20.7 Å². The minimum atomic E-state index is -0.817. The van der Waals surface area contributed by atoms with Crippen molar-refractivity contribution in [2.45, 2.75) is 51.6 Å². The number of hydrogen-bond acceptors (Lipinski definition) is 7. The fraction of sp³-hybridized carbons (Fsp3) is 0.522. The second kappa shape index (κ2) is 8.90. The third-order valence-electron chi connectivity index (χ3n) is 5.95. The number of fused-ring (bicyclic) bond motifs is 1. The number of anilines is 1. The lowest BCUT2D eigenvalue weighted by Crippen LogP contribution is -2.29. The second-order valence-electron chi connectivity index (χ2n) is 8.27. The van der Waals surface area contributed by atoms with Gasteiger partial charge in [0.15, 0.2) is 0 Å². The Hall–Kier alpha value is -2.94. The van der Waals surface area contributed by atoms with Gasteiger partial charge in [-0.3, -0.25) is 9.59 Å². The van der Waals surface area contributed by atoms with Crippen LogP contribution in [-0.4, -0.2) is 48.9 Å². The van der Waals surface area contributed by atoms with Crippen LogP contribution in [0.4, 0.5) is 10.1 Å². The minimum Gasteiger partial charge on any atom is -0.466 e. The average Bonchev–Trinajstić information content (AvgIpc) is 3.48. The molecule has 2 N–H and O–H groups in total. The van der Waals surface area contributed by atoms with Gasteiger partial charge in [-0.25, -0.2) is 9.18 Å². The van der Waals surface area contributed by atoms with Crippen LogP contribution in [0.25, 0.3) is 10.9 Å². The van der Waals surface area contributed by atoms with Crippen LogP contribution >= 0.6 is 0 Å². The molecule has 1 aromatic carbocycles. The van der Waals surface area contributed by atoms with Crippen LogP contribution < -0.4 is 16.1 Å². The summed E-state index contributed by atoms with van der Waals surface area (Å²) in [6.45, 7) is 4.71. The van der Waals surface area contributed by atoms with Gasteiger partial charge in [0.2, 0.25) is 5.43 Å². The minimum absolute atomic E-state index is 0.00912. The Morgan fingerprint density at radius 2 is 1.88 bits per heavy atom. The molecule has 1 aliphatic carbocycles. The molecule has 1 aliphatic heterocycles.